The molecule has 1 fully saturated rings. The summed E-state index contributed by atoms with van der Waals surface area (Å²) in [5.74, 6) is 0.435. The molecule has 0 unspecified atom stereocenters. The Morgan fingerprint density at radius 2 is 1.08 bits per heavy atom. The molecule has 0 bridgehead atoms. The highest BCUT2D eigenvalue weighted by atomic mass is 79.9. The van der Waals surface area contributed by atoms with Gasteiger partial charge in [0.2, 0.25) is 0 Å². The van der Waals surface area contributed by atoms with Crippen molar-refractivity contribution in [1.82, 2.24) is 0 Å². The molecular weight excluding hydrogens is 568 g/mol. The Labute approximate surface area is 175 Å². The fourth-order valence-electron chi connectivity index (χ4n) is 3.66. The van der Waals surface area contributed by atoms with Crippen LogP contribution in [0.15, 0.2) is 42.2 Å². The SMILES string of the molecule is Oc1c(Br)ccc(C2(c3ccc(Br)c(O)c3Br)CCCCC2)c1Br. The molecule has 1 aliphatic carbocycles. The Balaban J connectivity index is 2.28. The van der Waals surface area contributed by atoms with Crippen LogP contribution in [0.3, 0.4) is 0 Å². The predicted octanol–water partition coefficient (Wildman–Crippen LogP) is 7.40. The molecule has 2 N–H and O–H groups in total. The van der Waals surface area contributed by atoms with E-state index in [9.17, 15) is 10.2 Å². The standard InChI is InChI=1S/C18H16Br4O2/c19-12-6-4-10(14(21)16(12)23)18(8-2-1-3-9-18)11-5-7-13(20)17(24)15(11)22/h4-7,23-24H,1-3,8-9H2. The maximum atomic E-state index is 10.4. The summed E-state index contributed by atoms with van der Waals surface area (Å²) in [6.45, 7) is 0. The van der Waals surface area contributed by atoms with Gasteiger partial charge >= 0.3 is 0 Å². The number of phenols is 2. The molecule has 0 spiro atoms. The van der Waals surface area contributed by atoms with E-state index in [4.69, 9.17) is 0 Å². The van der Waals surface area contributed by atoms with Gasteiger partial charge in [0.05, 0.1) is 17.9 Å². The van der Waals surface area contributed by atoms with Crippen LogP contribution in [0.25, 0.3) is 0 Å². The van der Waals surface area contributed by atoms with Crippen molar-refractivity contribution in [3.63, 3.8) is 0 Å². The lowest BCUT2D eigenvalue weighted by Gasteiger charge is -2.40. The number of hydrogen-bond acceptors (Lipinski definition) is 2. The number of rotatable bonds is 2. The van der Waals surface area contributed by atoms with E-state index in [1.807, 2.05) is 12.1 Å². The van der Waals surface area contributed by atoms with Gasteiger partial charge < -0.3 is 10.2 Å². The first kappa shape index (κ1) is 18.7. The summed E-state index contributed by atoms with van der Waals surface area (Å²) in [6, 6.07) is 7.90. The van der Waals surface area contributed by atoms with Crippen molar-refractivity contribution >= 4 is 63.7 Å². The third-order valence-electron chi connectivity index (χ3n) is 4.87. The third kappa shape index (κ3) is 3.08. The monoisotopic (exact) mass is 580 g/mol. The van der Waals surface area contributed by atoms with E-state index in [1.165, 1.54) is 6.42 Å². The molecule has 2 nitrogen and oxygen atoms in total. The van der Waals surface area contributed by atoms with E-state index in [-0.39, 0.29) is 16.9 Å². The molecule has 128 valence electrons. The topological polar surface area (TPSA) is 40.5 Å². The fraction of sp³-hybridized carbons (Fsp3) is 0.333. The van der Waals surface area contributed by atoms with Gasteiger partial charge in [0.15, 0.2) is 0 Å². The van der Waals surface area contributed by atoms with Crippen molar-refractivity contribution in [3.05, 3.63) is 53.3 Å². The average molecular weight is 584 g/mol. The van der Waals surface area contributed by atoms with Gasteiger partial charge in [-0.05, 0) is 99.8 Å². The van der Waals surface area contributed by atoms with Crippen molar-refractivity contribution < 1.29 is 10.2 Å². The van der Waals surface area contributed by atoms with E-state index in [0.717, 1.165) is 36.8 Å². The van der Waals surface area contributed by atoms with Crippen LogP contribution < -0.4 is 0 Å². The van der Waals surface area contributed by atoms with Crippen molar-refractivity contribution in [2.24, 2.45) is 0 Å². The molecule has 0 amide bonds. The largest absolute Gasteiger partial charge is 0.506 e. The maximum absolute atomic E-state index is 10.4. The van der Waals surface area contributed by atoms with Crippen LogP contribution in [0, 0.1) is 0 Å². The molecule has 2 aromatic carbocycles. The second-order valence-corrected chi connectivity index (χ2v) is 9.45. The molecule has 1 saturated carbocycles. The van der Waals surface area contributed by atoms with Crippen LogP contribution in [0.2, 0.25) is 0 Å². The van der Waals surface area contributed by atoms with Crippen molar-refractivity contribution in [3.8, 4) is 11.5 Å². The highest BCUT2D eigenvalue weighted by Gasteiger charge is 2.40. The quantitative estimate of drug-likeness (QED) is 0.387. The van der Waals surface area contributed by atoms with Crippen molar-refractivity contribution in [1.29, 1.82) is 0 Å². The van der Waals surface area contributed by atoms with Gasteiger partial charge in [0.1, 0.15) is 11.5 Å². The Kier molecular flexibility index (Phi) is 5.70. The smallest absolute Gasteiger partial charge is 0.144 e. The van der Waals surface area contributed by atoms with Crippen LogP contribution >= 0.6 is 63.7 Å². The zero-order chi connectivity index (χ0) is 17.5. The maximum Gasteiger partial charge on any atom is 0.144 e. The normalized spacial score (nSPS) is 17.0. The Morgan fingerprint density at radius 1 is 0.667 bits per heavy atom. The summed E-state index contributed by atoms with van der Waals surface area (Å²) in [5, 5.41) is 20.8. The molecule has 3 rings (SSSR count). The van der Waals surface area contributed by atoms with Crippen LogP contribution in [-0.4, -0.2) is 10.2 Å². The van der Waals surface area contributed by atoms with Gasteiger partial charge in [-0.1, -0.05) is 31.4 Å². The molecular formula is C18H16Br4O2. The van der Waals surface area contributed by atoms with Crippen LogP contribution in [0.5, 0.6) is 11.5 Å². The minimum absolute atomic E-state index is 0.218. The molecule has 0 atom stereocenters. The van der Waals surface area contributed by atoms with Gasteiger partial charge in [0.25, 0.3) is 0 Å². The molecule has 0 aliphatic heterocycles. The highest BCUT2D eigenvalue weighted by Crippen LogP contribution is 2.53. The van der Waals surface area contributed by atoms with Gasteiger partial charge in [-0.15, -0.1) is 0 Å². The summed E-state index contributed by atoms with van der Waals surface area (Å²) >= 11 is 13.9. The zero-order valence-corrected chi connectivity index (χ0v) is 19.1. The lowest BCUT2D eigenvalue weighted by atomic mass is 9.65. The molecule has 2 aromatic rings. The van der Waals surface area contributed by atoms with Crippen LogP contribution in [0.4, 0.5) is 0 Å². The van der Waals surface area contributed by atoms with Gasteiger partial charge in [-0.3, -0.25) is 0 Å². The number of benzene rings is 2. The lowest BCUT2D eigenvalue weighted by Crippen LogP contribution is -2.31. The van der Waals surface area contributed by atoms with E-state index < -0.39 is 0 Å². The first-order chi connectivity index (χ1) is 11.4. The molecule has 24 heavy (non-hydrogen) atoms. The first-order valence-electron chi connectivity index (χ1n) is 7.73. The minimum atomic E-state index is -0.244. The molecule has 0 heterocycles. The van der Waals surface area contributed by atoms with Crippen LogP contribution in [-0.2, 0) is 5.41 Å². The Morgan fingerprint density at radius 3 is 1.50 bits per heavy atom. The number of halogens is 4. The predicted molar refractivity (Wildman–Crippen MR) is 111 cm³/mol. The molecule has 6 heteroatoms. The number of phenolic OH excluding ortho intramolecular Hbond substituents is 2. The average Bonchev–Trinajstić information content (AvgIpc) is 2.58. The van der Waals surface area contributed by atoms with Gasteiger partial charge in [-0.25, -0.2) is 0 Å². The zero-order valence-electron chi connectivity index (χ0n) is 12.8. The minimum Gasteiger partial charge on any atom is -0.506 e. The summed E-state index contributed by atoms with van der Waals surface area (Å²) in [6.07, 6.45) is 5.40. The molecule has 0 saturated heterocycles. The Hall–Kier alpha value is -0.0400. The fourth-order valence-corrected chi connectivity index (χ4v) is 6.30. The summed E-state index contributed by atoms with van der Waals surface area (Å²) in [5.41, 5.74) is 1.88. The highest BCUT2D eigenvalue weighted by molar-refractivity contribution is 9.11. The first-order valence-corrected chi connectivity index (χ1v) is 10.9. The molecule has 0 radical (unpaired) electrons. The second kappa shape index (κ2) is 7.29. The van der Waals surface area contributed by atoms with E-state index >= 15 is 0 Å². The van der Waals surface area contributed by atoms with Gasteiger partial charge in [0, 0.05) is 5.41 Å². The van der Waals surface area contributed by atoms with E-state index in [2.05, 4.69) is 75.9 Å². The summed E-state index contributed by atoms with van der Waals surface area (Å²) in [7, 11) is 0. The summed E-state index contributed by atoms with van der Waals surface area (Å²) < 4.78 is 2.77. The van der Waals surface area contributed by atoms with Gasteiger partial charge in [-0.2, -0.15) is 0 Å². The van der Waals surface area contributed by atoms with Crippen molar-refractivity contribution in [2.45, 2.75) is 37.5 Å². The van der Waals surface area contributed by atoms with E-state index in [0.29, 0.717) is 17.9 Å². The second-order valence-electron chi connectivity index (χ2n) is 6.16. The number of aromatic hydroxyl groups is 2. The van der Waals surface area contributed by atoms with Crippen LogP contribution in [0.1, 0.15) is 43.2 Å². The number of hydrogen-bond donors (Lipinski definition) is 2. The lowest BCUT2D eigenvalue weighted by molar-refractivity contribution is 0.339. The molecule has 1 aliphatic rings. The molecule has 0 aromatic heterocycles. The van der Waals surface area contributed by atoms with Crippen molar-refractivity contribution in [2.75, 3.05) is 0 Å². The Bertz CT molecular complexity index is 724. The van der Waals surface area contributed by atoms with E-state index in [1.54, 1.807) is 0 Å². The third-order valence-corrected chi connectivity index (χ3v) is 7.76. The summed E-state index contributed by atoms with van der Waals surface area (Å²) in [4.78, 5) is 0.